The summed E-state index contributed by atoms with van der Waals surface area (Å²) < 4.78 is 38.3. The first-order chi connectivity index (χ1) is 10.3. The first kappa shape index (κ1) is 15.2. The number of hydrogen-bond acceptors (Lipinski definition) is 7. The van der Waals surface area contributed by atoms with Crippen molar-refractivity contribution >= 4 is 10.0 Å². The maximum absolute atomic E-state index is 12.8. The number of sulfonamides is 1. The lowest BCUT2D eigenvalue weighted by Crippen LogP contribution is -2.44. The van der Waals surface area contributed by atoms with Crippen molar-refractivity contribution < 1.29 is 17.5 Å². The van der Waals surface area contributed by atoms with Gasteiger partial charge >= 0.3 is 0 Å². The molecule has 2 heterocycles. The molecule has 0 saturated heterocycles. The van der Waals surface area contributed by atoms with Gasteiger partial charge in [0, 0.05) is 6.92 Å². The van der Waals surface area contributed by atoms with Crippen LogP contribution in [0.4, 0.5) is 0 Å². The lowest BCUT2D eigenvalue weighted by molar-refractivity contribution is 0.337. The fraction of sp³-hybridized carbons (Fsp3) is 0.615. The van der Waals surface area contributed by atoms with Gasteiger partial charge < -0.3 is 9.05 Å². The summed E-state index contributed by atoms with van der Waals surface area (Å²) in [4.78, 5) is 4.31. The normalized spacial score (nSPS) is 18.0. The molecule has 3 rings (SSSR count). The fourth-order valence-electron chi connectivity index (χ4n) is 3.01. The average molecular weight is 326 g/mol. The molecule has 1 aliphatic rings. The summed E-state index contributed by atoms with van der Waals surface area (Å²) in [6.45, 7) is 4.86. The number of nitrogens with zero attached hydrogens (tertiary/aromatic N) is 3. The fourth-order valence-corrected chi connectivity index (χ4v) is 4.76. The van der Waals surface area contributed by atoms with Crippen LogP contribution >= 0.6 is 0 Å². The van der Waals surface area contributed by atoms with E-state index in [4.69, 9.17) is 9.05 Å². The topological polar surface area (TPSA) is 111 Å². The predicted molar refractivity (Wildman–Crippen MR) is 75.5 cm³/mol. The standard InChI is InChI=1S/C13H18N4O4S/c1-8-11(9(2)20-15-8)22(18,19)17-13(6-4-5-7-13)12-14-10(3)21-16-12/h17H,4-7H2,1-3H3. The van der Waals surface area contributed by atoms with Crippen LogP contribution in [-0.2, 0) is 15.6 Å². The second kappa shape index (κ2) is 5.17. The smallest absolute Gasteiger partial charge is 0.246 e. The number of nitrogens with one attached hydrogen (secondary N) is 1. The minimum Gasteiger partial charge on any atom is -0.360 e. The molecular formula is C13H18N4O4S. The molecule has 1 aliphatic carbocycles. The number of aryl methyl sites for hydroxylation is 3. The van der Waals surface area contributed by atoms with Gasteiger partial charge in [-0.25, -0.2) is 8.42 Å². The molecule has 1 fully saturated rings. The van der Waals surface area contributed by atoms with Gasteiger partial charge in [0.25, 0.3) is 0 Å². The molecule has 2 aromatic rings. The van der Waals surface area contributed by atoms with Crippen LogP contribution in [0.3, 0.4) is 0 Å². The van der Waals surface area contributed by atoms with Crippen LogP contribution in [-0.4, -0.2) is 23.7 Å². The molecule has 22 heavy (non-hydrogen) atoms. The molecule has 0 atom stereocenters. The van der Waals surface area contributed by atoms with Gasteiger partial charge in [-0.3, -0.25) is 0 Å². The monoisotopic (exact) mass is 326 g/mol. The molecule has 1 N–H and O–H groups in total. The Morgan fingerprint density at radius 3 is 2.27 bits per heavy atom. The van der Waals surface area contributed by atoms with Gasteiger partial charge in [-0.1, -0.05) is 23.2 Å². The van der Waals surface area contributed by atoms with E-state index in [1.807, 2.05) is 0 Å². The number of hydrogen-bond donors (Lipinski definition) is 1. The second-order valence-corrected chi connectivity index (χ2v) is 7.30. The first-order valence-electron chi connectivity index (χ1n) is 7.12. The van der Waals surface area contributed by atoms with E-state index in [-0.39, 0.29) is 10.7 Å². The summed E-state index contributed by atoms with van der Waals surface area (Å²) in [7, 11) is -3.79. The summed E-state index contributed by atoms with van der Waals surface area (Å²) >= 11 is 0. The van der Waals surface area contributed by atoms with Crippen LogP contribution in [0.15, 0.2) is 13.9 Å². The number of aromatic nitrogens is 3. The van der Waals surface area contributed by atoms with E-state index >= 15 is 0 Å². The summed E-state index contributed by atoms with van der Waals surface area (Å²) in [6.07, 6.45) is 3.07. The lowest BCUT2D eigenvalue weighted by atomic mass is 9.99. The lowest BCUT2D eigenvalue weighted by Gasteiger charge is -2.26. The van der Waals surface area contributed by atoms with Crippen molar-refractivity contribution in [3.8, 4) is 0 Å². The zero-order chi connectivity index (χ0) is 16.0. The van der Waals surface area contributed by atoms with E-state index in [1.54, 1.807) is 20.8 Å². The highest BCUT2D eigenvalue weighted by Crippen LogP contribution is 2.39. The Morgan fingerprint density at radius 1 is 1.09 bits per heavy atom. The molecule has 9 heteroatoms. The summed E-state index contributed by atoms with van der Waals surface area (Å²) in [6, 6.07) is 0. The molecule has 0 unspecified atom stereocenters. The molecule has 0 bridgehead atoms. The Labute approximate surface area is 128 Å². The Morgan fingerprint density at radius 2 is 1.77 bits per heavy atom. The molecule has 0 amide bonds. The third-order valence-electron chi connectivity index (χ3n) is 3.98. The van der Waals surface area contributed by atoms with Gasteiger partial charge in [0.1, 0.15) is 10.6 Å². The van der Waals surface area contributed by atoms with E-state index in [9.17, 15) is 8.42 Å². The van der Waals surface area contributed by atoms with Crippen molar-refractivity contribution in [2.75, 3.05) is 0 Å². The highest BCUT2D eigenvalue weighted by Gasteiger charge is 2.44. The van der Waals surface area contributed by atoms with Gasteiger partial charge in [0.2, 0.25) is 15.9 Å². The zero-order valence-corrected chi connectivity index (χ0v) is 13.5. The third-order valence-corrected chi connectivity index (χ3v) is 5.76. The van der Waals surface area contributed by atoms with Crippen LogP contribution in [0, 0.1) is 20.8 Å². The molecular weight excluding hydrogens is 308 g/mol. The zero-order valence-electron chi connectivity index (χ0n) is 12.7. The Bertz CT molecular complexity index is 767. The minimum atomic E-state index is -3.79. The van der Waals surface area contributed by atoms with Gasteiger partial charge in [-0.15, -0.1) is 0 Å². The van der Waals surface area contributed by atoms with Crippen LogP contribution in [0.5, 0.6) is 0 Å². The van der Waals surface area contributed by atoms with E-state index in [2.05, 4.69) is 20.0 Å². The predicted octanol–water partition coefficient (Wildman–Crippen LogP) is 1.73. The SMILES string of the molecule is Cc1nc(C2(NS(=O)(=O)c3c(C)noc3C)CCCC2)no1. The van der Waals surface area contributed by atoms with E-state index < -0.39 is 15.6 Å². The van der Waals surface area contributed by atoms with Gasteiger partial charge in [-0.05, 0) is 26.7 Å². The van der Waals surface area contributed by atoms with E-state index in [1.165, 1.54) is 0 Å². The average Bonchev–Trinajstić information content (AvgIpc) is 3.11. The molecule has 2 aromatic heterocycles. The Hall–Kier alpha value is -1.74. The highest BCUT2D eigenvalue weighted by atomic mass is 32.2. The van der Waals surface area contributed by atoms with Crippen LogP contribution < -0.4 is 4.72 Å². The van der Waals surface area contributed by atoms with Crippen LogP contribution in [0.25, 0.3) is 0 Å². The summed E-state index contributed by atoms with van der Waals surface area (Å²) in [5.74, 6) is 1.07. The Balaban J connectivity index is 2.02. The van der Waals surface area contributed by atoms with Crippen molar-refractivity contribution in [1.29, 1.82) is 0 Å². The summed E-state index contributed by atoms with van der Waals surface area (Å²) in [5.41, 5.74) is -0.491. The van der Waals surface area contributed by atoms with E-state index in [0.717, 1.165) is 12.8 Å². The minimum absolute atomic E-state index is 0.0824. The van der Waals surface area contributed by atoms with Gasteiger partial charge in [0.05, 0.1) is 5.54 Å². The highest BCUT2D eigenvalue weighted by molar-refractivity contribution is 7.89. The van der Waals surface area contributed by atoms with Gasteiger partial charge in [-0.2, -0.15) is 9.71 Å². The van der Waals surface area contributed by atoms with Crippen LogP contribution in [0.2, 0.25) is 0 Å². The molecule has 0 spiro atoms. The molecule has 8 nitrogen and oxygen atoms in total. The van der Waals surface area contributed by atoms with Crippen molar-refractivity contribution in [3.63, 3.8) is 0 Å². The van der Waals surface area contributed by atoms with Gasteiger partial charge in [0.15, 0.2) is 11.6 Å². The molecule has 1 saturated carbocycles. The van der Waals surface area contributed by atoms with Crippen molar-refractivity contribution in [2.45, 2.75) is 56.9 Å². The summed E-state index contributed by atoms with van der Waals surface area (Å²) in [5, 5.41) is 7.64. The molecule has 0 radical (unpaired) electrons. The van der Waals surface area contributed by atoms with Crippen molar-refractivity contribution in [2.24, 2.45) is 0 Å². The van der Waals surface area contributed by atoms with Crippen molar-refractivity contribution in [1.82, 2.24) is 20.0 Å². The van der Waals surface area contributed by atoms with Crippen LogP contribution in [0.1, 0.15) is 48.9 Å². The van der Waals surface area contributed by atoms with Crippen molar-refractivity contribution in [3.05, 3.63) is 23.2 Å². The quantitative estimate of drug-likeness (QED) is 0.910. The largest absolute Gasteiger partial charge is 0.360 e. The number of rotatable bonds is 4. The third kappa shape index (κ3) is 2.44. The Kier molecular flexibility index (Phi) is 3.56. The molecule has 0 aromatic carbocycles. The maximum atomic E-state index is 12.8. The second-order valence-electron chi connectivity index (χ2n) is 5.69. The maximum Gasteiger partial charge on any atom is 0.246 e. The molecule has 120 valence electrons. The first-order valence-corrected chi connectivity index (χ1v) is 8.60. The van der Waals surface area contributed by atoms with E-state index in [0.29, 0.717) is 30.3 Å². The molecule has 0 aliphatic heterocycles.